The average Bonchev–Trinajstić information content (AvgIpc) is 3.47. The molecule has 8 heteroatoms. The number of aromatic nitrogens is 1. The summed E-state index contributed by atoms with van der Waals surface area (Å²) >= 11 is 1.28. The molecule has 166 valence electrons. The van der Waals surface area contributed by atoms with E-state index in [4.69, 9.17) is 0 Å². The summed E-state index contributed by atoms with van der Waals surface area (Å²) in [6.45, 7) is 6.83. The second-order valence-corrected chi connectivity index (χ2v) is 9.29. The Morgan fingerprint density at radius 3 is 2.52 bits per heavy atom. The van der Waals surface area contributed by atoms with Crippen LogP contribution in [-0.4, -0.2) is 46.7 Å². The van der Waals surface area contributed by atoms with E-state index < -0.39 is 0 Å². The van der Waals surface area contributed by atoms with Gasteiger partial charge in [-0.25, -0.2) is 4.98 Å². The summed E-state index contributed by atoms with van der Waals surface area (Å²) in [6, 6.07) is 7.50. The van der Waals surface area contributed by atoms with Crippen molar-refractivity contribution in [3.63, 3.8) is 0 Å². The molecule has 1 aromatic carbocycles. The minimum Gasteiger partial charge on any atom is -0.356 e. The predicted octanol–water partition coefficient (Wildman–Crippen LogP) is 3.40. The summed E-state index contributed by atoms with van der Waals surface area (Å²) in [5.41, 5.74) is 2.29. The minimum atomic E-state index is -0.283. The first kappa shape index (κ1) is 22.9. The zero-order valence-electron chi connectivity index (χ0n) is 18.3. The number of carbonyl (C=O) groups is 3. The van der Waals surface area contributed by atoms with E-state index in [0.29, 0.717) is 28.9 Å². The number of amides is 3. The average molecular weight is 443 g/mol. The van der Waals surface area contributed by atoms with Gasteiger partial charge in [0, 0.05) is 23.5 Å². The van der Waals surface area contributed by atoms with Crippen molar-refractivity contribution in [3.05, 3.63) is 46.5 Å². The molecule has 0 unspecified atom stereocenters. The Morgan fingerprint density at radius 2 is 1.87 bits per heavy atom. The molecule has 1 saturated carbocycles. The summed E-state index contributed by atoms with van der Waals surface area (Å²) in [5, 5.41) is 7.86. The van der Waals surface area contributed by atoms with Crippen LogP contribution < -0.4 is 10.6 Å². The lowest BCUT2D eigenvalue weighted by Crippen LogP contribution is -2.39. The molecule has 3 rings (SSSR count). The van der Waals surface area contributed by atoms with Crippen LogP contribution in [0.4, 0.5) is 5.13 Å². The van der Waals surface area contributed by atoms with Crippen LogP contribution in [0.25, 0.3) is 0 Å². The standard InChI is InChI=1S/C23H30N4O3S/c1-15(2)10-11-24-20(28)12-18-14-31-23(25-18)26-21(29)13-27(19-8-9-19)22(30)17-6-4-16(3)5-7-17/h4-7,14-15,19H,8-13H2,1-3H3,(H,24,28)(H,25,26,29). The van der Waals surface area contributed by atoms with Crippen LogP contribution in [-0.2, 0) is 16.0 Å². The summed E-state index contributed by atoms with van der Waals surface area (Å²) in [7, 11) is 0. The lowest BCUT2D eigenvalue weighted by Gasteiger charge is -2.21. The minimum absolute atomic E-state index is 0.0119. The number of hydrogen-bond acceptors (Lipinski definition) is 5. The molecule has 0 radical (unpaired) electrons. The lowest BCUT2D eigenvalue weighted by atomic mass is 10.1. The van der Waals surface area contributed by atoms with E-state index in [1.165, 1.54) is 11.3 Å². The SMILES string of the molecule is Cc1ccc(C(=O)N(CC(=O)Nc2nc(CC(=O)NCCC(C)C)cs2)C2CC2)cc1. The summed E-state index contributed by atoms with van der Waals surface area (Å²) in [6.07, 6.45) is 2.95. The Labute approximate surface area is 187 Å². The van der Waals surface area contributed by atoms with E-state index in [1.807, 2.05) is 19.1 Å². The van der Waals surface area contributed by atoms with Crippen LogP contribution in [0.2, 0.25) is 0 Å². The topological polar surface area (TPSA) is 91.4 Å². The highest BCUT2D eigenvalue weighted by Crippen LogP contribution is 2.28. The number of nitrogens with one attached hydrogen (secondary N) is 2. The van der Waals surface area contributed by atoms with Gasteiger partial charge in [-0.2, -0.15) is 0 Å². The van der Waals surface area contributed by atoms with E-state index >= 15 is 0 Å². The zero-order chi connectivity index (χ0) is 22.4. The van der Waals surface area contributed by atoms with Gasteiger partial charge in [-0.05, 0) is 44.2 Å². The van der Waals surface area contributed by atoms with Crippen molar-refractivity contribution in [1.82, 2.24) is 15.2 Å². The third-order valence-electron chi connectivity index (χ3n) is 5.04. The third-order valence-corrected chi connectivity index (χ3v) is 5.85. The molecule has 31 heavy (non-hydrogen) atoms. The molecular weight excluding hydrogens is 412 g/mol. The molecule has 7 nitrogen and oxygen atoms in total. The highest BCUT2D eigenvalue weighted by atomic mass is 32.1. The summed E-state index contributed by atoms with van der Waals surface area (Å²) < 4.78 is 0. The fourth-order valence-corrected chi connectivity index (χ4v) is 3.83. The number of carbonyl (C=O) groups excluding carboxylic acids is 3. The first-order chi connectivity index (χ1) is 14.8. The first-order valence-corrected chi connectivity index (χ1v) is 11.6. The molecule has 0 bridgehead atoms. The molecular formula is C23H30N4O3S. The second-order valence-electron chi connectivity index (χ2n) is 8.43. The normalized spacial score (nSPS) is 13.2. The first-order valence-electron chi connectivity index (χ1n) is 10.7. The highest BCUT2D eigenvalue weighted by molar-refractivity contribution is 7.13. The molecule has 1 fully saturated rings. The lowest BCUT2D eigenvalue weighted by molar-refractivity contribution is -0.120. The van der Waals surface area contributed by atoms with Gasteiger partial charge in [-0.3, -0.25) is 14.4 Å². The van der Waals surface area contributed by atoms with Gasteiger partial charge in [0.1, 0.15) is 6.54 Å². The van der Waals surface area contributed by atoms with Crippen molar-refractivity contribution in [3.8, 4) is 0 Å². The Hall–Kier alpha value is -2.74. The number of nitrogens with zero attached hydrogens (tertiary/aromatic N) is 2. The molecule has 0 atom stereocenters. The molecule has 3 amide bonds. The maximum Gasteiger partial charge on any atom is 0.254 e. The Morgan fingerprint density at radius 1 is 1.16 bits per heavy atom. The van der Waals surface area contributed by atoms with Crippen LogP contribution >= 0.6 is 11.3 Å². The molecule has 2 aromatic rings. The maximum absolute atomic E-state index is 12.9. The van der Waals surface area contributed by atoms with Crippen LogP contribution in [0, 0.1) is 12.8 Å². The molecule has 0 spiro atoms. The van der Waals surface area contributed by atoms with E-state index in [2.05, 4.69) is 29.5 Å². The number of anilines is 1. The number of rotatable bonds is 10. The zero-order valence-corrected chi connectivity index (χ0v) is 19.1. The molecule has 1 aliphatic carbocycles. The molecule has 1 aromatic heterocycles. The van der Waals surface area contributed by atoms with Crippen molar-refractivity contribution in [1.29, 1.82) is 0 Å². The molecule has 1 heterocycles. The largest absolute Gasteiger partial charge is 0.356 e. The van der Waals surface area contributed by atoms with Crippen LogP contribution in [0.5, 0.6) is 0 Å². The smallest absolute Gasteiger partial charge is 0.254 e. The van der Waals surface area contributed by atoms with E-state index in [-0.39, 0.29) is 36.7 Å². The fraction of sp³-hybridized carbons (Fsp3) is 0.478. The number of thiazole rings is 1. The molecule has 2 N–H and O–H groups in total. The number of benzene rings is 1. The quantitative estimate of drug-likeness (QED) is 0.590. The van der Waals surface area contributed by atoms with Crippen molar-refractivity contribution in [2.24, 2.45) is 5.92 Å². The van der Waals surface area contributed by atoms with Crippen molar-refractivity contribution in [2.75, 3.05) is 18.4 Å². The fourth-order valence-electron chi connectivity index (χ4n) is 3.10. The molecule has 1 aliphatic rings. The number of aryl methyl sites for hydroxylation is 1. The van der Waals surface area contributed by atoms with Gasteiger partial charge in [0.05, 0.1) is 12.1 Å². The van der Waals surface area contributed by atoms with E-state index in [0.717, 1.165) is 24.8 Å². The predicted molar refractivity (Wildman–Crippen MR) is 122 cm³/mol. The monoisotopic (exact) mass is 442 g/mol. The van der Waals surface area contributed by atoms with Gasteiger partial charge >= 0.3 is 0 Å². The number of hydrogen-bond donors (Lipinski definition) is 2. The van der Waals surface area contributed by atoms with Crippen molar-refractivity contribution >= 4 is 34.2 Å². The third kappa shape index (κ3) is 7.17. The Kier molecular flexibility index (Phi) is 7.79. The Bertz CT molecular complexity index is 919. The van der Waals surface area contributed by atoms with E-state index in [1.54, 1.807) is 22.4 Å². The highest BCUT2D eigenvalue weighted by Gasteiger charge is 2.34. The summed E-state index contributed by atoms with van der Waals surface area (Å²) in [4.78, 5) is 43.4. The summed E-state index contributed by atoms with van der Waals surface area (Å²) in [5.74, 6) is 0.0482. The second kappa shape index (κ2) is 10.5. The maximum atomic E-state index is 12.9. The van der Waals surface area contributed by atoms with Crippen LogP contribution in [0.1, 0.15) is 54.7 Å². The van der Waals surface area contributed by atoms with E-state index in [9.17, 15) is 14.4 Å². The van der Waals surface area contributed by atoms with Gasteiger partial charge in [0.15, 0.2) is 5.13 Å². The Balaban J connectivity index is 1.52. The van der Waals surface area contributed by atoms with Gasteiger partial charge in [-0.15, -0.1) is 11.3 Å². The van der Waals surface area contributed by atoms with Crippen LogP contribution in [0.15, 0.2) is 29.6 Å². The van der Waals surface area contributed by atoms with Gasteiger partial charge < -0.3 is 15.5 Å². The van der Waals surface area contributed by atoms with Crippen LogP contribution in [0.3, 0.4) is 0 Å². The van der Waals surface area contributed by atoms with Gasteiger partial charge in [0.2, 0.25) is 11.8 Å². The van der Waals surface area contributed by atoms with Crippen molar-refractivity contribution < 1.29 is 14.4 Å². The van der Waals surface area contributed by atoms with Crippen molar-refractivity contribution in [2.45, 2.75) is 52.5 Å². The van der Waals surface area contributed by atoms with Gasteiger partial charge in [-0.1, -0.05) is 31.5 Å². The molecule has 0 saturated heterocycles. The van der Waals surface area contributed by atoms with Gasteiger partial charge in [0.25, 0.3) is 5.91 Å². The molecule has 0 aliphatic heterocycles.